The van der Waals surface area contributed by atoms with E-state index in [1.54, 1.807) is 0 Å². The fraction of sp³-hybridized carbons (Fsp3) is 0.714. The zero-order valence-corrected chi connectivity index (χ0v) is 10.8. The molecule has 2 atom stereocenters. The highest BCUT2D eigenvalue weighted by molar-refractivity contribution is 5.53. The molecular formula is C14H26N2. The Morgan fingerprint density at radius 2 is 2.12 bits per heavy atom. The van der Waals surface area contributed by atoms with E-state index in [4.69, 9.17) is 5.41 Å². The van der Waals surface area contributed by atoms with E-state index in [0.29, 0.717) is 12.1 Å². The predicted octanol–water partition coefficient (Wildman–Crippen LogP) is 3.68. The number of hydrogen-bond donors (Lipinski definition) is 2. The molecule has 0 aromatic rings. The van der Waals surface area contributed by atoms with Crippen LogP contribution in [0.4, 0.5) is 0 Å². The van der Waals surface area contributed by atoms with Crippen LogP contribution < -0.4 is 5.32 Å². The summed E-state index contributed by atoms with van der Waals surface area (Å²) in [6.45, 7) is 7.97. The highest BCUT2D eigenvalue weighted by Crippen LogP contribution is 2.07. The lowest BCUT2D eigenvalue weighted by molar-refractivity contribution is 0.465. The van der Waals surface area contributed by atoms with E-state index < -0.39 is 0 Å². The van der Waals surface area contributed by atoms with Gasteiger partial charge in [0, 0.05) is 12.1 Å². The van der Waals surface area contributed by atoms with Gasteiger partial charge < -0.3 is 10.7 Å². The second kappa shape index (κ2) is 10.7. The molecule has 2 N–H and O–H groups in total. The summed E-state index contributed by atoms with van der Waals surface area (Å²) >= 11 is 0. The number of hydrogen-bond acceptors (Lipinski definition) is 2. The molecule has 16 heavy (non-hydrogen) atoms. The Labute approximate surface area is 100 Å². The molecule has 0 aromatic carbocycles. The lowest BCUT2D eigenvalue weighted by Crippen LogP contribution is -2.35. The summed E-state index contributed by atoms with van der Waals surface area (Å²) in [5.74, 6) is 0. The fourth-order valence-corrected chi connectivity index (χ4v) is 1.76. The number of nitrogens with one attached hydrogen (secondary N) is 2. The molecule has 2 unspecified atom stereocenters. The van der Waals surface area contributed by atoms with Gasteiger partial charge in [-0.05, 0) is 32.1 Å². The summed E-state index contributed by atoms with van der Waals surface area (Å²) in [4.78, 5) is 0. The first-order chi connectivity index (χ1) is 7.74. The minimum Gasteiger partial charge on any atom is -0.313 e. The Hall–Kier alpha value is -0.850. The second-order valence-electron chi connectivity index (χ2n) is 4.33. The van der Waals surface area contributed by atoms with E-state index in [1.165, 1.54) is 31.9 Å². The highest BCUT2D eigenvalue weighted by Gasteiger charge is 2.07. The van der Waals surface area contributed by atoms with Gasteiger partial charge >= 0.3 is 0 Å². The van der Waals surface area contributed by atoms with E-state index in [0.717, 1.165) is 12.8 Å². The molecule has 2 nitrogen and oxygen atoms in total. The topological polar surface area (TPSA) is 35.9 Å². The molecule has 2 heteroatoms. The van der Waals surface area contributed by atoms with Crippen LogP contribution in [0.5, 0.6) is 0 Å². The monoisotopic (exact) mass is 222 g/mol. The zero-order chi connectivity index (χ0) is 12.2. The Bertz CT molecular complexity index is 217. The maximum Gasteiger partial charge on any atom is 0.0326 e. The maximum absolute atomic E-state index is 7.07. The molecule has 0 aliphatic carbocycles. The molecule has 0 saturated heterocycles. The van der Waals surface area contributed by atoms with Gasteiger partial charge in [-0.2, -0.15) is 0 Å². The summed E-state index contributed by atoms with van der Waals surface area (Å²) in [6, 6.07) is 0.725. The Morgan fingerprint density at radius 1 is 1.38 bits per heavy atom. The van der Waals surface area contributed by atoms with Gasteiger partial charge in [-0.15, -0.1) is 5.73 Å². The van der Waals surface area contributed by atoms with Crippen molar-refractivity contribution in [2.75, 3.05) is 0 Å². The molecule has 92 valence electrons. The molecule has 0 aromatic heterocycles. The molecule has 0 aliphatic heterocycles. The highest BCUT2D eigenvalue weighted by atomic mass is 14.9. The first-order valence-electron chi connectivity index (χ1n) is 6.35. The van der Waals surface area contributed by atoms with Crippen LogP contribution in [0.3, 0.4) is 0 Å². The first kappa shape index (κ1) is 15.2. The van der Waals surface area contributed by atoms with Gasteiger partial charge in [0.05, 0.1) is 0 Å². The molecule has 0 heterocycles. The molecule has 0 bridgehead atoms. The third-order valence-electron chi connectivity index (χ3n) is 2.66. The van der Waals surface area contributed by atoms with Crippen molar-refractivity contribution in [3.05, 3.63) is 18.4 Å². The normalized spacial score (nSPS) is 13.9. The van der Waals surface area contributed by atoms with Crippen LogP contribution in [0.1, 0.15) is 52.4 Å². The second-order valence-corrected chi connectivity index (χ2v) is 4.33. The van der Waals surface area contributed by atoms with Crippen LogP contribution in [-0.4, -0.2) is 18.3 Å². The molecule has 0 spiro atoms. The van der Waals surface area contributed by atoms with Crippen LogP contribution >= 0.6 is 0 Å². The minimum absolute atomic E-state index is 0.360. The summed E-state index contributed by atoms with van der Waals surface area (Å²) in [7, 11) is 0. The van der Waals surface area contributed by atoms with E-state index in [2.05, 4.69) is 31.5 Å². The van der Waals surface area contributed by atoms with Crippen molar-refractivity contribution in [3.63, 3.8) is 0 Å². The lowest BCUT2D eigenvalue weighted by Gasteiger charge is -2.19. The summed E-state index contributed by atoms with van der Waals surface area (Å²) in [6.07, 6.45) is 10.6. The molecular weight excluding hydrogens is 196 g/mol. The lowest BCUT2D eigenvalue weighted by atomic mass is 10.1. The summed E-state index contributed by atoms with van der Waals surface area (Å²) in [5.41, 5.74) is 2.86. The van der Waals surface area contributed by atoms with E-state index in [9.17, 15) is 0 Å². The molecule has 0 fully saturated rings. The SMILES string of the molecule is C=C=CC(CCCCCC)NC(C)CC=N. The van der Waals surface area contributed by atoms with E-state index >= 15 is 0 Å². The standard InChI is InChI=1S/C14H26N2/c1-4-6-7-8-10-14(9-5-2)16-13(3)11-12-15/h9,12-16H,2,4,6-8,10-11H2,1,3H3. The van der Waals surface area contributed by atoms with Crippen molar-refractivity contribution in [3.8, 4) is 0 Å². The molecule has 0 saturated carbocycles. The molecule has 0 radical (unpaired) electrons. The Morgan fingerprint density at radius 3 is 2.69 bits per heavy atom. The maximum atomic E-state index is 7.07. The average Bonchev–Trinajstić information content (AvgIpc) is 2.25. The van der Waals surface area contributed by atoms with Crippen molar-refractivity contribution < 1.29 is 0 Å². The average molecular weight is 222 g/mol. The molecule has 0 amide bonds. The first-order valence-corrected chi connectivity index (χ1v) is 6.35. The van der Waals surface area contributed by atoms with Gasteiger partial charge in [0.1, 0.15) is 0 Å². The largest absolute Gasteiger partial charge is 0.313 e. The van der Waals surface area contributed by atoms with Crippen molar-refractivity contribution in [1.82, 2.24) is 5.32 Å². The minimum atomic E-state index is 0.360. The zero-order valence-electron chi connectivity index (χ0n) is 10.8. The van der Waals surface area contributed by atoms with Crippen molar-refractivity contribution in [2.45, 2.75) is 64.5 Å². The van der Waals surface area contributed by atoms with Crippen molar-refractivity contribution in [2.24, 2.45) is 0 Å². The quantitative estimate of drug-likeness (QED) is 0.330. The van der Waals surface area contributed by atoms with Gasteiger partial charge in [-0.25, -0.2) is 0 Å². The third-order valence-corrected chi connectivity index (χ3v) is 2.66. The van der Waals surface area contributed by atoms with Gasteiger partial charge in [0.25, 0.3) is 0 Å². The molecule has 0 rings (SSSR count). The fourth-order valence-electron chi connectivity index (χ4n) is 1.76. The van der Waals surface area contributed by atoms with Gasteiger partial charge in [-0.1, -0.05) is 39.2 Å². The van der Waals surface area contributed by atoms with Crippen molar-refractivity contribution >= 4 is 6.21 Å². The number of rotatable bonds is 10. The van der Waals surface area contributed by atoms with Crippen LogP contribution in [0.15, 0.2) is 18.4 Å². The van der Waals surface area contributed by atoms with Crippen LogP contribution in [0, 0.1) is 5.41 Å². The van der Waals surface area contributed by atoms with Gasteiger partial charge in [0.15, 0.2) is 0 Å². The smallest absolute Gasteiger partial charge is 0.0326 e. The number of unbranched alkanes of at least 4 members (excludes halogenated alkanes) is 3. The van der Waals surface area contributed by atoms with E-state index in [-0.39, 0.29) is 0 Å². The van der Waals surface area contributed by atoms with E-state index in [1.807, 2.05) is 6.08 Å². The Kier molecular flexibility index (Phi) is 10.1. The third kappa shape index (κ3) is 8.46. The van der Waals surface area contributed by atoms with Gasteiger partial charge in [-0.3, -0.25) is 0 Å². The van der Waals surface area contributed by atoms with Gasteiger partial charge in [0.2, 0.25) is 0 Å². The van der Waals surface area contributed by atoms with Crippen LogP contribution in [-0.2, 0) is 0 Å². The summed E-state index contributed by atoms with van der Waals surface area (Å²) in [5, 5.41) is 10.6. The Balaban J connectivity index is 3.87. The summed E-state index contributed by atoms with van der Waals surface area (Å²) < 4.78 is 0. The van der Waals surface area contributed by atoms with Crippen LogP contribution in [0.25, 0.3) is 0 Å². The molecule has 0 aliphatic rings. The predicted molar refractivity (Wildman–Crippen MR) is 72.3 cm³/mol. The van der Waals surface area contributed by atoms with Crippen molar-refractivity contribution in [1.29, 1.82) is 5.41 Å². The van der Waals surface area contributed by atoms with Crippen LogP contribution in [0.2, 0.25) is 0 Å².